The van der Waals surface area contributed by atoms with Crippen LogP contribution in [-0.4, -0.2) is 12.1 Å². The smallest absolute Gasteiger partial charge is 0.302 e. The number of fused-ring (bicyclic) bond motifs is 6. The van der Waals surface area contributed by atoms with E-state index in [2.05, 4.69) is 55.4 Å². The second-order valence-electron chi connectivity index (χ2n) is 15.2. The lowest BCUT2D eigenvalue weighted by Gasteiger charge is -2.70. The van der Waals surface area contributed by atoms with Crippen LogP contribution < -0.4 is 0 Å². The highest BCUT2D eigenvalue weighted by Crippen LogP contribution is 2.76. The van der Waals surface area contributed by atoms with Crippen LogP contribution in [0.2, 0.25) is 0 Å². The van der Waals surface area contributed by atoms with E-state index < -0.39 is 0 Å². The number of hydrogen-bond donors (Lipinski definition) is 0. The molecular weight excluding hydrogens is 416 g/mol. The number of rotatable bonds is 2. The highest BCUT2D eigenvalue weighted by molar-refractivity contribution is 5.66. The molecule has 2 heteroatoms. The van der Waals surface area contributed by atoms with Crippen molar-refractivity contribution in [3.05, 3.63) is 11.1 Å². The summed E-state index contributed by atoms with van der Waals surface area (Å²) in [6.45, 7) is 22.0. The normalized spacial score (nSPS) is 49.7. The van der Waals surface area contributed by atoms with E-state index in [-0.39, 0.29) is 17.5 Å². The maximum atomic E-state index is 11.9. The third-order valence-corrected chi connectivity index (χ3v) is 13.4. The van der Waals surface area contributed by atoms with Gasteiger partial charge in [0.1, 0.15) is 6.10 Å². The van der Waals surface area contributed by atoms with Crippen LogP contribution in [-0.2, 0) is 9.53 Å². The summed E-state index contributed by atoms with van der Waals surface area (Å²) in [5.41, 5.74) is 5.44. The zero-order chi connectivity index (χ0) is 24.9. The Bertz CT molecular complexity index is 897. The number of allylic oxidation sites excluding steroid dienone is 2. The average Bonchev–Trinajstić information content (AvgIpc) is 3.08. The van der Waals surface area contributed by atoms with Gasteiger partial charge in [-0.3, -0.25) is 4.79 Å². The van der Waals surface area contributed by atoms with E-state index in [0.29, 0.717) is 27.6 Å². The lowest BCUT2D eigenvalue weighted by molar-refractivity contribution is -0.213. The fourth-order valence-electron chi connectivity index (χ4n) is 11.6. The third kappa shape index (κ3) is 3.01. The van der Waals surface area contributed by atoms with Gasteiger partial charge in [0.05, 0.1) is 0 Å². The Morgan fingerprint density at radius 2 is 1.50 bits per heavy atom. The monoisotopic (exact) mass is 468 g/mol. The van der Waals surface area contributed by atoms with Crippen LogP contribution >= 0.6 is 0 Å². The molecule has 0 unspecified atom stereocenters. The van der Waals surface area contributed by atoms with Crippen LogP contribution in [0.15, 0.2) is 11.1 Å². The first-order valence-corrected chi connectivity index (χ1v) is 14.6. The van der Waals surface area contributed by atoms with Gasteiger partial charge < -0.3 is 4.74 Å². The Morgan fingerprint density at radius 1 is 0.824 bits per heavy atom. The van der Waals surface area contributed by atoms with Gasteiger partial charge in [0.25, 0.3) is 0 Å². The van der Waals surface area contributed by atoms with Crippen molar-refractivity contribution in [2.75, 3.05) is 0 Å². The molecule has 0 aromatic rings. The van der Waals surface area contributed by atoms with Crippen molar-refractivity contribution < 1.29 is 9.53 Å². The molecule has 0 saturated heterocycles. The molecule has 0 radical (unpaired) electrons. The highest BCUT2D eigenvalue weighted by atomic mass is 16.5. The van der Waals surface area contributed by atoms with Gasteiger partial charge in [0, 0.05) is 12.3 Å². The summed E-state index contributed by atoms with van der Waals surface area (Å²) in [4.78, 5) is 11.9. The molecule has 0 N–H and O–H groups in total. The first-order valence-electron chi connectivity index (χ1n) is 14.6. The minimum Gasteiger partial charge on any atom is -0.462 e. The first-order chi connectivity index (χ1) is 15.7. The standard InChI is InChI=1S/C32H52O2/c1-20(2)22-10-11-23-24-12-13-26-30(7)16-15-27(34-21(3)33)28(4,5)25(30)14-17-32(26,9)31(24,8)19-18-29(22,23)6/h20,22,25-27H,10-19H2,1-9H3/t22-,25-,26-,27-,29-,30-,31-,32-/m0/s1. The molecule has 0 aliphatic heterocycles. The lowest BCUT2D eigenvalue weighted by atomic mass is 9.34. The molecule has 0 heterocycles. The number of ether oxygens (including phenoxy) is 1. The number of carbonyl (C=O) groups excluding carboxylic acids is 1. The van der Waals surface area contributed by atoms with Crippen molar-refractivity contribution in [1.29, 1.82) is 0 Å². The highest BCUT2D eigenvalue weighted by Gasteiger charge is 2.68. The van der Waals surface area contributed by atoms with Crippen molar-refractivity contribution in [3.63, 3.8) is 0 Å². The summed E-state index contributed by atoms with van der Waals surface area (Å²) in [7, 11) is 0. The van der Waals surface area contributed by atoms with Gasteiger partial charge in [-0.25, -0.2) is 0 Å². The molecule has 0 bridgehead atoms. The number of carbonyl (C=O) groups is 1. The van der Waals surface area contributed by atoms with Crippen molar-refractivity contribution in [2.24, 2.45) is 50.7 Å². The van der Waals surface area contributed by atoms with Gasteiger partial charge in [-0.05, 0) is 110 Å². The molecule has 34 heavy (non-hydrogen) atoms. The van der Waals surface area contributed by atoms with Crippen LogP contribution in [0.5, 0.6) is 0 Å². The molecular formula is C32H52O2. The Morgan fingerprint density at radius 3 is 2.15 bits per heavy atom. The summed E-state index contributed by atoms with van der Waals surface area (Å²) in [5, 5.41) is 0. The van der Waals surface area contributed by atoms with Gasteiger partial charge in [0.2, 0.25) is 0 Å². The van der Waals surface area contributed by atoms with Crippen LogP contribution in [0, 0.1) is 50.7 Å². The first kappa shape index (κ1) is 24.9. The van der Waals surface area contributed by atoms with E-state index in [0.717, 1.165) is 24.2 Å². The topological polar surface area (TPSA) is 26.3 Å². The molecule has 5 aliphatic carbocycles. The van der Waals surface area contributed by atoms with Gasteiger partial charge in [-0.2, -0.15) is 0 Å². The maximum Gasteiger partial charge on any atom is 0.302 e. The lowest BCUT2D eigenvalue weighted by Crippen LogP contribution is -2.64. The van der Waals surface area contributed by atoms with Crippen LogP contribution in [0.4, 0.5) is 0 Å². The number of hydrogen-bond acceptors (Lipinski definition) is 2. The van der Waals surface area contributed by atoms with E-state index in [1.54, 1.807) is 6.92 Å². The third-order valence-electron chi connectivity index (χ3n) is 13.4. The second-order valence-corrected chi connectivity index (χ2v) is 15.2. The van der Waals surface area contributed by atoms with E-state index in [1.165, 1.54) is 57.8 Å². The maximum absolute atomic E-state index is 11.9. The fourth-order valence-corrected chi connectivity index (χ4v) is 11.6. The molecule has 8 atom stereocenters. The fraction of sp³-hybridized carbons (Fsp3) is 0.906. The molecule has 192 valence electrons. The van der Waals surface area contributed by atoms with Gasteiger partial charge >= 0.3 is 5.97 Å². The molecule has 0 spiro atoms. The van der Waals surface area contributed by atoms with E-state index >= 15 is 0 Å². The summed E-state index contributed by atoms with van der Waals surface area (Å²) >= 11 is 0. The Labute approximate surface area is 210 Å². The molecule has 0 aromatic carbocycles. The van der Waals surface area contributed by atoms with Crippen molar-refractivity contribution in [1.82, 2.24) is 0 Å². The summed E-state index contributed by atoms with van der Waals surface area (Å²) in [6.07, 6.45) is 13.2. The summed E-state index contributed by atoms with van der Waals surface area (Å²) < 4.78 is 5.91. The molecule has 0 aromatic heterocycles. The van der Waals surface area contributed by atoms with Gasteiger partial charge in [-0.1, -0.05) is 66.5 Å². The molecule has 5 aliphatic rings. The van der Waals surface area contributed by atoms with E-state index in [1.807, 2.05) is 11.1 Å². The quantitative estimate of drug-likeness (QED) is 0.299. The SMILES string of the molecule is CC(=O)O[C@H]1CC[C@@]2(C)[C@@H](CC[C@@]3(C)[C@H]2CCC2=C4CC[C@@H](C(C)C)[C@]4(C)CC[C@@]23C)C1(C)C. The summed E-state index contributed by atoms with van der Waals surface area (Å²) in [6, 6.07) is 0. The zero-order valence-electron chi connectivity index (χ0n) is 23.8. The zero-order valence-corrected chi connectivity index (χ0v) is 23.8. The number of esters is 1. The van der Waals surface area contributed by atoms with Crippen molar-refractivity contribution in [2.45, 2.75) is 133 Å². The Hall–Kier alpha value is -0.790. The molecule has 4 saturated carbocycles. The minimum atomic E-state index is -0.106. The van der Waals surface area contributed by atoms with Crippen LogP contribution in [0.1, 0.15) is 127 Å². The summed E-state index contributed by atoms with van der Waals surface area (Å²) in [5.74, 6) is 2.97. The minimum absolute atomic E-state index is 0.0563. The Kier molecular flexibility index (Phi) is 5.57. The molecule has 0 amide bonds. The van der Waals surface area contributed by atoms with Crippen LogP contribution in [0.25, 0.3) is 0 Å². The van der Waals surface area contributed by atoms with E-state index in [9.17, 15) is 4.79 Å². The van der Waals surface area contributed by atoms with Crippen LogP contribution in [0.3, 0.4) is 0 Å². The average molecular weight is 469 g/mol. The Balaban J connectivity index is 1.52. The van der Waals surface area contributed by atoms with Gasteiger partial charge in [-0.15, -0.1) is 0 Å². The molecule has 4 fully saturated rings. The molecule has 5 rings (SSSR count). The van der Waals surface area contributed by atoms with Crippen molar-refractivity contribution in [3.8, 4) is 0 Å². The van der Waals surface area contributed by atoms with Crippen molar-refractivity contribution >= 4 is 5.97 Å². The second kappa shape index (κ2) is 7.61. The van der Waals surface area contributed by atoms with E-state index in [4.69, 9.17) is 4.74 Å². The predicted octanol–water partition coefficient (Wildman–Crippen LogP) is 8.74. The molecule has 2 nitrogen and oxygen atoms in total. The largest absolute Gasteiger partial charge is 0.462 e. The van der Waals surface area contributed by atoms with Gasteiger partial charge in [0.15, 0.2) is 0 Å². The predicted molar refractivity (Wildman–Crippen MR) is 140 cm³/mol.